The van der Waals surface area contributed by atoms with Gasteiger partial charge in [0, 0.05) is 0 Å². The lowest BCUT2D eigenvalue weighted by Crippen LogP contribution is -1.89. The number of Topliss-reactive ketones (excluding diaryl/α,β-unsaturated/α-hetero) is 1. The fourth-order valence-corrected chi connectivity index (χ4v) is 2.62. The molecule has 0 aliphatic rings. The Morgan fingerprint density at radius 2 is 2.21 bits per heavy atom. The molecule has 3 nitrogen and oxygen atoms in total. The van der Waals surface area contributed by atoms with Gasteiger partial charge in [0.25, 0.3) is 0 Å². The Balaban J connectivity index is 2.86. The van der Waals surface area contributed by atoms with Crippen LogP contribution in [0.3, 0.4) is 0 Å². The lowest BCUT2D eigenvalue weighted by Gasteiger charge is -1.91. The number of ketones is 1. The average molecular weight is 227 g/mol. The third-order valence-corrected chi connectivity index (χ3v) is 3.77. The van der Waals surface area contributed by atoms with Crippen LogP contribution in [0.5, 0.6) is 0 Å². The van der Waals surface area contributed by atoms with E-state index >= 15 is 0 Å². The maximum atomic E-state index is 11.3. The van der Waals surface area contributed by atoms with Crippen molar-refractivity contribution in [2.24, 2.45) is 0 Å². The zero-order valence-electron chi connectivity index (χ0n) is 7.67. The maximum absolute atomic E-state index is 11.3. The highest BCUT2D eigenvalue weighted by atomic mass is 35.5. The molecule has 0 N–H and O–H groups in total. The lowest BCUT2D eigenvalue weighted by molar-refractivity contribution is 0.102. The number of aromatic nitrogens is 2. The summed E-state index contributed by atoms with van der Waals surface area (Å²) in [5, 5.41) is 0.413. The van der Waals surface area contributed by atoms with Crippen molar-refractivity contribution in [1.82, 2.24) is 9.97 Å². The molecular weight excluding hydrogens is 220 g/mol. The molecular formula is C9H7ClN2OS. The number of carbonyl (C=O) groups excluding carboxylic acids is 1. The van der Waals surface area contributed by atoms with Crippen LogP contribution < -0.4 is 0 Å². The fraction of sp³-hybridized carbons (Fsp3) is 0.222. The van der Waals surface area contributed by atoms with E-state index in [0.29, 0.717) is 10.0 Å². The SMILES string of the molecule is CC(=O)c1sc2c(Cl)ncnc2c1C. The number of hydrogen-bond donors (Lipinski definition) is 0. The van der Waals surface area contributed by atoms with Gasteiger partial charge in [-0.1, -0.05) is 11.6 Å². The van der Waals surface area contributed by atoms with Gasteiger partial charge in [0.1, 0.15) is 11.5 Å². The molecule has 0 radical (unpaired) electrons. The van der Waals surface area contributed by atoms with Gasteiger partial charge in [0.2, 0.25) is 0 Å². The molecule has 72 valence electrons. The largest absolute Gasteiger partial charge is 0.294 e. The van der Waals surface area contributed by atoms with Crippen LogP contribution in [0.4, 0.5) is 0 Å². The van der Waals surface area contributed by atoms with E-state index in [2.05, 4.69) is 9.97 Å². The topological polar surface area (TPSA) is 42.9 Å². The smallest absolute Gasteiger partial charge is 0.170 e. The van der Waals surface area contributed by atoms with Crippen LogP contribution in [0.25, 0.3) is 10.2 Å². The van der Waals surface area contributed by atoms with Gasteiger partial charge < -0.3 is 0 Å². The first-order valence-electron chi connectivity index (χ1n) is 4.01. The van der Waals surface area contributed by atoms with Crippen LogP contribution in [0.15, 0.2) is 6.33 Å². The van der Waals surface area contributed by atoms with E-state index in [0.717, 1.165) is 15.8 Å². The molecule has 0 spiro atoms. The Kier molecular flexibility index (Phi) is 2.25. The standard InChI is InChI=1S/C9H7ClN2OS/c1-4-6-8(9(10)12-3-11-6)14-7(4)5(2)13/h3H,1-2H3. The summed E-state index contributed by atoms with van der Waals surface area (Å²) in [4.78, 5) is 20.0. The minimum absolute atomic E-state index is 0.0431. The number of carbonyl (C=O) groups is 1. The van der Waals surface area contributed by atoms with Gasteiger partial charge in [0.05, 0.1) is 15.1 Å². The Bertz CT molecular complexity index is 521. The maximum Gasteiger partial charge on any atom is 0.170 e. The van der Waals surface area contributed by atoms with Crippen LogP contribution in [0, 0.1) is 6.92 Å². The molecule has 0 amide bonds. The number of nitrogens with zero attached hydrogens (tertiary/aromatic N) is 2. The minimum Gasteiger partial charge on any atom is -0.294 e. The molecule has 2 aromatic heterocycles. The summed E-state index contributed by atoms with van der Waals surface area (Å²) in [6, 6.07) is 0. The van der Waals surface area contributed by atoms with E-state index in [1.807, 2.05) is 6.92 Å². The monoisotopic (exact) mass is 226 g/mol. The number of rotatable bonds is 1. The van der Waals surface area contributed by atoms with E-state index in [9.17, 15) is 4.79 Å². The molecule has 2 aromatic rings. The number of thiophene rings is 1. The summed E-state index contributed by atoms with van der Waals surface area (Å²) < 4.78 is 0.789. The molecule has 0 aliphatic heterocycles. The first kappa shape index (κ1) is 9.55. The summed E-state index contributed by atoms with van der Waals surface area (Å²) in [5.41, 5.74) is 1.67. The molecule has 0 atom stereocenters. The van der Waals surface area contributed by atoms with Crippen LogP contribution in [0.1, 0.15) is 22.2 Å². The third-order valence-electron chi connectivity index (χ3n) is 1.98. The van der Waals surface area contributed by atoms with Crippen molar-refractivity contribution in [3.05, 3.63) is 21.9 Å². The zero-order valence-corrected chi connectivity index (χ0v) is 9.24. The molecule has 0 saturated heterocycles. The van der Waals surface area contributed by atoms with E-state index in [-0.39, 0.29) is 5.78 Å². The molecule has 0 bridgehead atoms. The number of halogens is 1. The van der Waals surface area contributed by atoms with Crippen LogP contribution in [-0.2, 0) is 0 Å². The third kappa shape index (κ3) is 1.31. The van der Waals surface area contributed by atoms with E-state index in [1.165, 1.54) is 17.7 Å². The minimum atomic E-state index is 0.0431. The van der Waals surface area contributed by atoms with E-state index in [1.54, 1.807) is 6.92 Å². The van der Waals surface area contributed by atoms with E-state index in [4.69, 9.17) is 11.6 Å². The second-order valence-corrected chi connectivity index (χ2v) is 4.33. The Hall–Kier alpha value is -1.00. The van der Waals surface area contributed by atoms with Gasteiger partial charge in [-0.25, -0.2) is 9.97 Å². The van der Waals surface area contributed by atoms with Crippen molar-refractivity contribution >= 4 is 38.9 Å². The second-order valence-electron chi connectivity index (χ2n) is 2.95. The van der Waals surface area contributed by atoms with Gasteiger partial charge in [-0.2, -0.15) is 0 Å². The van der Waals surface area contributed by atoms with Crippen molar-refractivity contribution in [1.29, 1.82) is 0 Å². The van der Waals surface area contributed by atoms with Crippen molar-refractivity contribution in [3.63, 3.8) is 0 Å². The molecule has 2 rings (SSSR count). The van der Waals surface area contributed by atoms with E-state index < -0.39 is 0 Å². The summed E-state index contributed by atoms with van der Waals surface area (Å²) in [6.45, 7) is 3.41. The molecule has 5 heteroatoms. The van der Waals surface area contributed by atoms with Gasteiger partial charge in [-0.3, -0.25) is 4.79 Å². The van der Waals surface area contributed by atoms with Gasteiger partial charge in [-0.05, 0) is 19.4 Å². The van der Waals surface area contributed by atoms with Crippen LogP contribution in [0.2, 0.25) is 5.15 Å². The molecule has 0 fully saturated rings. The lowest BCUT2D eigenvalue weighted by atomic mass is 10.2. The highest BCUT2D eigenvalue weighted by molar-refractivity contribution is 7.21. The van der Waals surface area contributed by atoms with Gasteiger partial charge >= 0.3 is 0 Å². The Morgan fingerprint density at radius 1 is 1.50 bits per heavy atom. The fourth-order valence-electron chi connectivity index (χ4n) is 1.33. The van der Waals surface area contributed by atoms with Crippen molar-refractivity contribution in [2.75, 3.05) is 0 Å². The highest BCUT2D eigenvalue weighted by Gasteiger charge is 2.15. The summed E-state index contributed by atoms with van der Waals surface area (Å²) in [6.07, 6.45) is 1.41. The van der Waals surface area contributed by atoms with Crippen LogP contribution in [-0.4, -0.2) is 15.8 Å². The normalized spacial score (nSPS) is 10.8. The predicted octanol–water partition coefficient (Wildman–Crippen LogP) is 2.86. The average Bonchev–Trinajstić information content (AvgIpc) is 2.46. The molecule has 0 unspecified atom stereocenters. The summed E-state index contributed by atoms with van der Waals surface area (Å²) in [7, 11) is 0. The Labute approximate surface area is 89.8 Å². The van der Waals surface area contributed by atoms with Crippen molar-refractivity contribution < 1.29 is 4.79 Å². The Morgan fingerprint density at radius 3 is 2.79 bits per heavy atom. The number of fused-ring (bicyclic) bond motifs is 1. The van der Waals surface area contributed by atoms with Crippen molar-refractivity contribution in [2.45, 2.75) is 13.8 Å². The quantitative estimate of drug-likeness (QED) is 0.555. The molecule has 0 aliphatic carbocycles. The summed E-state index contributed by atoms with van der Waals surface area (Å²) >= 11 is 7.25. The first-order valence-corrected chi connectivity index (χ1v) is 5.21. The number of hydrogen-bond acceptors (Lipinski definition) is 4. The molecule has 0 aromatic carbocycles. The second kappa shape index (κ2) is 3.29. The molecule has 14 heavy (non-hydrogen) atoms. The van der Waals surface area contributed by atoms with Gasteiger partial charge in [0.15, 0.2) is 5.78 Å². The zero-order chi connectivity index (χ0) is 10.3. The molecule has 2 heterocycles. The highest BCUT2D eigenvalue weighted by Crippen LogP contribution is 2.32. The predicted molar refractivity (Wildman–Crippen MR) is 57.2 cm³/mol. The summed E-state index contributed by atoms with van der Waals surface area (Å²) in [5.74, 6) is 0.0431. The van der Waals surface area contributed by atoms with Gasteiger partial charge in [-0.15, -0.1) is 11.3 Å². The number of aryl methyl sites for hydroxylation is 1. The van der Waals surface area contributed by atoms with Crippen LogP contribution >= 0.6 is 22.9 Å². The molecule has 0 saturated carbocycles. The first-order chi connectivity index (χ1) is 6.61. The van der Waals surface area contributed by atoms with Crippen molar-refractivity contribution in [3.8, 4) is 0 Å².